The predicted molar refractivity (Wildman–Crippen MR) is 74.4 cm³/mol. The van der Waals surface area contributed by atoms with Crippen LogP contribution in [0.15, 0.2) is 0 Å². The molecule has 2 unspecified atom stereocenters. The summed E-state index contributed by atoms with van der Waals surface area (Å²) < 4.78 is 11.2. The van der Waals surface area contributed by atoms with Gasteiger partial charge in [-0.1, -0.05) is 6.92 Å². The second kappa shape index (κ2) is 7.77. The van der Waals surface area contributed by atoms with Crippen LogP contribution in [0.3, 0.4) is 0 Å². The first-order chi connectivity index (χ1) is 7.79. The van der Waals surface area contributed by atoms with Crippen molar-refractivity contribution in [1.29, 1.82) is 0 Å². The molecule has 0 saturated heterocycles. The van der Waals surface area contributed by atoms with Gasteiger partial charge in [0.05, 0.1) is 5.66 Å². The van der Waals surface area contributed by atoms with Gasteiger partial charge in [-0.2, -0.15) is 12.6 Å². The Balaban J connectivity index is 4.34. The minimum atomic E-state index is -4.01. The molecule has 0 aliphatic rings. The van der Waals surface area contributed by atoms with Gasteiger partial charge in [0.15, 0.2) is 0 Å². The SMILES string of the molecule is CCC(CCC(N)(CN)CCCS)P(=O)(O)O. The molecule has 0 aliphatic heterocycles. The second-order valence-electron chi connectivity index (χ2n) is 4.58. The molecule has 17 heavy (non-hydrogen) atoms. The molecule has 0 aromatic carbocycles. The summed E-state index contributed by atoms with van der Waals surface area (Å²) in [5.74, 6) is 0.745. The summed E-state index contributed by atoms with van der Waals surface area (Å²) in [6, 6.07) is 0. The summed E-state index contributed by atoms with van der Waals surface area (Å²) in [5.41, 5.74) is 10.6. The van der Waals surface area contributed by atoms with Gasteiger partial charge in [-0.3, -0.25) is 4.57 Å². The second-order valence-corrected chi connectivity index (χ2v) is 6.94. The smallest absolute Gasteiger partial charge is 0.328 e. The lowest BCUT2D eigenvalue weighted by atomic mass is 9.89. The highest BCUT2D eigenvalue weighted by Gasteiger charge is 2.30. The van der Waals surface area contributed by atoms with Crippen molar-refractivity contribution >= 4 is 20.2 Å². The molecule has 0 aliphatic carbocycles. The van der Waals surface area contributed by atoms with Gasteiger partial charge < -0.3 is 21.3 Å². The Morgan fingerprint density at radius 2 is 2.00 bits per heavy atom. The highest BCUT2D eigenvalue weighted by Crippen LogP contribution is 2.45. The molecule has 7 heteroatoms. The van der Waals surface area contributed by atoms with Crippen LogP contribution in [-0.2, 0) is 4.57 Å². The van der Waals surface area contributed by atoms with Crippen LogP contribution in [0.4, 0.5) is 0 Å². The van der Waals surface area contributed by atoms with Gasteiger partial charge >= 0.3 is 7.60 Å². The van der Waals surface area contributed by atoms with Crippen molar-refractivity contribution in [2.24, 2.45) is 11.5 Å². The molecule has 5 nitrogen and oxygen atoms in total. The first kappa shape index (κ1) is 17.4. The normalized spacial score (nSPS) is 17.8. The molecule has 0 fully saturated rings. The Labute approximate surface area is 109 Å². The molecule has 0 rings (SSSR count). The molecule has 0 aromatic rings. The van der Waals surface area contributed by atoms with E-state index in [9.17, 15) is 4.57 Å². The van der Waals surface area contributed by atoms with E-state index in [2.05, 4.69) is 12.6 Å². The minimum absolute atomic E-state index is 0.332. The fourth-order valence-corrected chi connectivity index (χ4v) is 2.92. The molecule has 0 bridgehead atoms. The summed E-state index contributed by atoms with van der Waals surface area (Å²) in [4.78, 5) is 18.3. The molecule has 104 valence electrons. The minimum Gasteiger partial charge on any atom is -0.329 e. The Hall–Kier alpha value is 0.420. The van der Waals surface area contributed by atoms with Crippen LogP contribution < -0.4 is 11.5 Å². The maximum absolute atomic E-state index is 11.2. The van der Waals surface area contributed by atoms with E-state index in [0.717, 1.165) is 18.6 Å². The Morgan fingerprint density at radius 3 is 2.35 bits per heavy atom. The summed E-state index contributed by atoms with van der Waals surface area (Å²) >= 11 is 4.12. The number of hydrogen-bond acceptors (Lipinski definition) is 4. The fraction of sp³-hybridized carbons (Fsp3) is 1.00. The maximum atomic E-state index is 11.2. The molecule has 0 saturated carbocycles. The van der Waals surface area contributed by atoms with E-state index in [0.29, 0.717) is 25.8 Å². The number of thiol groups is 1. The van der Waals surface area contributed by atoms with Crippen molar-refractivity contribution in [2.45, 2.75) is 50.2 Å². The molecule has 2 atom stereocenters. The molecule has 0 radical (unpaired) electrons. The van der Waals surface area contributed by atoms with Crippen molar-refractivity contribution in [2.75, 3.05) is 12.3 Å². The van der Waals surface area contributed by atoms with Crippen molar-refractivity contribution < 1.29 is 14.4 Å². The molecular weight excluding hydrogens is 259 g/mol. The Bertz CT molecular complexity index is 262. The third kappa shape index (κ3) is 6.79. The monoisotopic (exact) mass is 284 g/mol. The Kier molecular flexibility index (Phi) is 7.96. The van der Waals surface area contributed by atoms with Gasteiger partial charge in [-0.05, 0) is 37.9 Å². The van der Waals surface area contributed by atoms with Crippen molar-refractivity contribution in [1.82, 2.24) is 0 Å². The standard InChI is InChI=1S/C10H25N2O3PS/c1-2-9(16(13,14)15)4-6-10(12,8-11)5-3-7-17/h9,17H,2-8,11-12H2,1H3,(H2,13,14,15). The van der Waals surface area contributed by atoms with Crippen LogP contribution in [0.2, 0.25) is 0 Å². The van der Waals surface area contributed by atoms with Crippen molar-refractivity contribution in [3.8, 4) is 0 Å². The number of nitrogens with two attached hydrogens (primary N) is 2. The average molecular weight is 284 g/mol. The zero-order valence-corrected chi connectivity index (χ0v) is 12.2. The van der Waals surface area contributed by atoms with Gasteiger partial charge in [0.1, 0.15) is 0 Å². The van der Waals surface area contributed by atoms with Gasteiger partial charge in [0.2, 0.25) is 0 Å². The maximum Gasteiger partial charge on any atom is 0.328 e. The van der Waals surface area contributed by atoms with E-state index >= 15 is 0 Å². The van der Waals surface area contributed by atoms with E-state index in [4.69, 9.17) is 21.3 Å². The molecule has 0 amide bonds. The third-order valence-corrected chi connectivity index (χ3v) is 5.05. The van der Waals surface area contributed by atoms with Crippen LogP contribution in [0, 0.1) is 0 Å². The van der Waals surface area contributed by atoms with Crippen LogP contribution in [0.5, 0.6) is 0 Å². The molecule has 0 heterocycles. The van der Waals surface area contributed by atoms with Crippen molar-refractivity contribution in [3.05, 3.63) is 0 Å². The topological polar surface area (TPSA) is 110 Å². The number of rotatable bonds is 9. The molecular formula is C10H25N2O3PS. The van der Waals surface area contributed by atoms with E-state index < -0.39 is 18.8 Å². The summed E-state index contributed by atoms with van der Waals surface area (Å²) in [6.45, 7) is 2.11. The quantitative estimate of drug-likeness (QED) is 0.321. The lowest BCUT2D eigenvalue weighted by molar-refractivity contribution is 0.325. The highest BCUT2D eigenvalue weighted by atomic mass is 32.1. The zero-order valence-electron chi connectivity index (χ0n) is 10.4. The molecule has 0 aromatic heterocycles. The van der Waals surface area contributed by atoms with Gasteiger partial charge in [-0.25, -0.2) is 0 Å². The van der Waals surface area contributed by atoms with E-state index in [1.807, 2.05) is 0 Å². The van der Waals surface area contributed by atoms with E-state index in [1.54, 1.807) is 6.92 Å². The molecule has 0 spiro atoms. The summed E-state index contributed by atoms with van der Waals surface area (Å²) in [6.07, 6.45) is 3.02. The largest absolute Gasteiger partial charge is 0.329 e. The predicted octanol–water partition coefficient (Wildman–Crippen LogP) is 1.09. The van der Waals surface area contributed by atoms with Crippen LogP contribution in [-0.4, -0.2) is 33.3 Å². The zero-order chi connectivity index (χ0) is 13.5. The lowest BCUT2D eigenvalue weighted by Crippen LogP contribution is -2.47. The first-order valence-electron chi connectivity index (χ1n) is 5.94. The summed E-state index contributed by atoms with van der Waals surface area (Å²) in [7, 11) is -4.01. The van der Waals surface area contributed by atoms with Gasteiger partial charge in [-0.15, -0.1) is 0 Å². The fourth-order valence-electron chi connectivity index (χ4n) is 1.82. The third-order valence-electron chi connectivity index (χ3n) is 3.16. The van der Waals surface area contributed by atoms with Gasteiger partial charge in [0.25, 0.3) is 0 Å². The van der Waals surface area contributed by atoms with Crippen LogP contribution in [0.1, 0.15) is 39.0 Å². The number of hydrogen-bond donors (Lipinski definition) is 5. The highest BCUT2D eigenvalue weighted by molar-refractivity contribution is 7.80. The average Bonchev–Trinajstić information content (AvgIpc) is 2.25. The van der Waals surface area contributed by atoms with E-state index in [1.165, 1.54) is 0 Å². The lowest BCUT2D eigenvalue weighted by Gasteiger charge is -2.29. The first-order valence-corrected chi connectivity index (χ1v) is 8.25. The van der Waals surface area contributed by atoms with Gasteiger partial charge in [0, 0.05) is 12.1 Å². The van der Waals surface area contributed by atoms with Crippen molar-refractivity contribution in [3.63, 3.8) is 0 Å². The Morgan fingerprint density at radius 1 is 1.41 bits per heavy atom. The summed E-state index contributed by atoms with van der Waals surface area (Å²) in [5, 5.41) is 0. The van der Waals surface area contributed by atoms with E-state index in [-0.39, 0.29) is 0 Å². The van der Waals surface area contributed by atoms with Crippen LogP contribution in [0.25, 0.3) is 0 Å². The molecule has 6 N–H and O–H groups in total. The van der Waals surface area contributed by atoms with Crippen LogP contribution >= 0.6 is 20.2 Å².